The molecule has 2 aliphatic heterocycles. The van der Waals surface area contributed by atoms with Crippen molar-refractivity contribution in [1.29, 1.82) is 0 Å². The fraction of sp³-hybridized carbons (Fsp3) is 0.406. The summed E-state index contributed by atoms with van der Waals surface area (Å²) >= 11 is 6.27. The lowest BCUT2D eigenvalue weighted by atomic mass is 10.1. The van der Waals surface area contributed by atoms with Crippen molar-refractivity contribution in [2.75, 3.05) is 43.6 Å². The molecule has 50 heavy (non-hydrogen) atoms. The zero-order chi connectivity index (χ0) is 35.9. The van der Waals surface area contributed by atoms with Crippen molar-refractivity contribution in [2.24, 2.45) is 0 Å². The zero-order valence-corrected chi connectivity index (χ0v) is 29.4. The third-order valence-corrected chi connectivity index (χ3v) is 9.54. The van der Waals surface area contributed by atoms with Crippen LogP contribution < -0.4 is 15.8 Å². The van der Waals surface area contributed by atoms with Gasteiger partial charge in [-0.2, -0.15) is 18.3 Å². The van der Waals surface area contributed by atoms with Gasteiger partial charge in [-0.25, -0.2) is 9.97 Å². The Morgan fingerprint density at radius 2 is 2.06 bits per heavy atom. The first kappa shape index (κ1) is 35.3. The number of likely N-dealkylation sites (N-methyl/N-ethyl adjacent to an activating group) is 1. The molecule has 0 radical (unpaired) electrons. The van der Waals surface area contributed by atoms with E-state index in [0.717, 1.165) is 11.6 Å². The molecule has 0 aliphatic carbocycles. The molecule has 18 heteroatoms. The van der Waals surface area contributed by atoms with Crippen molar-refractivity contribution in [3.63, 3.8) is 0 Å². The molecule has 0 saturated carbocycles. The highest BCUT2D eigenvalue weighted by molar-refractivity contribution is 7.17. The van der Waals surface area contributed by atoms with Gasteiger partial charge in [0.05, 0.1) is 41.4 Å². The summed E-state index contributed by atoms with van der Waals surface area (Å²) in [6, 6.07) is 3.22. The predicted molar refractivity (Wildman–Crippen MR) is 185 cm³/mol. The van der Waals surface area contributed by atoms with Crippen molar-refractivity contribution >= 4 is 55.4 Å². The van der Waals surface area contributed by atoms with E-state index in [0.29, 0.717) is 56.2 Å². The minimum absolute atomic E-state index is 0.0668. The van der Waals surface area contributed by atoms with E-state index in [2.05, 4.69) is 20.4 Å². The number of aromatic hydroxyl groups is 1. The second kappa shape index (κ2) is 14.0. The number of anilines is 2. The predicted octanol–water partition coefficient (Wildman–Crippen LogP) is 3.63. The molecule has 3 aromatic heterocycles. The number of rotatable bonds is 9. The van der Waals surface area contributed by atoms with Crippen LogP contribution in [0.3, 0.4) is 0 Å². The minimum atomic E-state index is -3.20. The normalized spacial score (nSPS) is 16.5. The van der Waals surface area contributed by atoms with Crippen LogP contribution in [-0.2, 0) is 28.2 Å². The Morgan fingerprint density at radius 3 is 2.74 bits per heavy atom. The Morgan fingerprint density at radius 1 is 1.28 bits per heavy atom. The number of hydrogen-bond acceptors (Lipinski definition) is 10. The molecular formula is C32H35ClF2N9O5P. The second-order valence-corrected chi connectivity index (χ2v) is 13.2. The lowest BCUT2D eigenvalue weighted by Crippen LogP contribution is -2.41. The van der Waals surface area contributed by atoms with Crippen LogP contribution in [-0.4, -0.2) is 90.3 Å². The summed E-state index contributed by atoms with van der Waals surface area (Å²) in [4.78, 5) is 57.1. The Labute approximate surface area is 292 Å². The van der Waals surface area contributed by atoms with Gasteiger partial charge in [0.15, 0.2) is 17.3 Å². The first-order valence-electron chi connectivity index (χ1n) is 15.9. The van der Waals surface area contributed by atoms with E-state index in [9.17, 15) is 28.3 Å². The number of halogens is 3. The number of aromatic nitrogens is 6. The van der Waals surface area contributed by atoms with Crippen molar-refractivity contribution in [2.45, 2.75) is 51.4 Å². The monoisotopic (exact) mass is 729 g/mol. The smallest absolute Gasteiger partial charge is 0.299 e. The molecule has 1 aromatic carbocycles. The largest absolute Gasteiger partial charge is 0.504 e. The van der Waals surface area contributed by atoms with Crippen LogP contribution in [0.4, 0.5) is 20.2 Å². The number of hydrogen-bond donors (Lipinski definition) is 2. The molecule has 2 amide bonds. The van der Waals surface area contributed by atoms with E-state index in [1.165, 1.54) is 37.1 Å². The molecule has 0 bridgehead atoms. The van der Waals surface area contributed by atoms with E-state index in [1.807, 2.05) is 17.9 Å². The number of nitrogens with zero attached hydrogens (tertiary/aromatic N) is 8. The molecule has 4 aromatic rings. The molecule has 1 fully saturated rings. The molecule has 2 N–H and O–H groups in total. The number of benzene rings is 1. The molecule has 2 atom stereocenters. The van der Waals surface area contributed by atoms with E-state index in [1.54, 1.807) is 18.5 Å². The lowest BCUT2D eigenvalue weighted by Gasteiger charge is -2.27. The Hall–Kier alpha value is -4.53. The Bertz CT molecular complexity index is 2080. The molecule has 6 rings (SSSR count). The molecule has 2 unspecified atom stereocenters. The van der Waals surface area contributed by atoms with Gasteiger partial charge in [0.2, 0.25) is 11.7 Å². The molecule has 264 valence electrons. The maximum atomic E-state index is 14.2. The van der Waals surface area contributed by atoms with Crippen LogP contribution in [0.1, 0.15) is 53.0 Å². The maximum absolute atomic E-state index is 14.2. The molecular weight excluding hydrogens is 695 g/mol. The third-order valence-electron chi connectivity index (χ3n) is 8.90. The Balaban J connectivity index is 1.36. The highest BCUT2D eigenvalue weighted by Gasteiger charge is 2.35. The van der Waals surface area contributed by atoms with E-state index < -0.39 is 23.0 Å². The van der Waals surface area contributed by atoms with Crippen LogP contribution in [0, 0.1) is 6.92 Å². The number of aryl methyl sites for hydroxylation is 1. The number of ether oxygens (including phenoxy) is 1. The molecule has 0 spiro atoms. The quantitative estimate of drug-likeness (QED) is 0.244. The molecule has 5 heterocycles. The molecule has 2 aliphatic rings. The van der Waals surface area contributed by atoms with E-state index in [-0.39, 0.29) is 58.3 Å². The summed E-state index contributed by atoms with van der Waals surface area (Å²) in [7, 11) is 3.06. The number of alkyl halides is 2. The SMILES string of the molecule is CCc1c(N2CCC(N(C)C(=O)c3ncnc(C)c3O)C2)c(=O)n2nc(C3=CCOCC3)nc2n1CC(=O)Nc1ccc(C(F)(F)P)cc1Cl. The van der Waals surface area contributed by atoms with Crippen LogP contribution in [0.5, 0.6) is 5.75 Å². The fourth-order valence-corrected chi connectivity index (χ4v) is 6.58. The van der Waals surface area contributed by atoms with Gasteiger partial charge >= 0.3 is 0 Å². The van der Waals surface area contributed by atoms with E-state index in [4.69, 9.17) is 21.3 Å². The van der Waals surface area contributed by atoms with Crippen molar-refractivity contribution < 1.29 is 28.2 Å². The zero-order valence-electron chi connectivity index (χ0n) is 27.5. The number of fused-ring (bicyclic) bond motifs is 1. The summed E-state index contributed by atoms with van der Waals surface area (Å²) in [6.07, 6.45) is 4.44. The molecule has 1 saturated heterocycles. The number of carbonyl (C=O) groups is 2. The summed E-state index contributed by atoms with van der Waals surface area (Å²) in [5.74, 6) is -0.836. The lowest BCUT2D eigenvalue weighted by molar-refractivity contribution is -0.116. The van der Waals surface area contributed by atoms with Crippen molar-refractivity contribution in [3.05, 3.63) is 74.4 Å². The van der Waals surface area contributed by atoms with Gasteiger partial charge in [0.25, 0.3) is 17.1 Å². The van der Waals surface area contributed by atoms with Gasteiger partial charge in [-0.15, -0.1) is 5.10 Å². The van der Waals surface area contributed by atoms with Gasteiger partial charge in [-0.1, -0.05) is 39.9 Å². The standard InChI is InChI=1S/C32H35ClF2N9O5P/c1-4-23-26(42-10-7-20(14-42)41(3)29(47)25-27(46)17(2)36-16-37-25)30(48)44-31(39-28(40-44)18-8-11-49-12-9-18)43(23)15-24(45)38-22-6-5-19(13-21(22)33)32(34,35)50/h5-6,8,13,16,20,46H,4,7,9-12,14-15,50H2,1-3H3,(H,38,45). The number of nitrogens with one attached hydrogen (secondary N) is 1. The third kappa shape index (κ3) is 6.79. The van der Waals surface area contributed by atoms with Crippen LogP contribution in [0.2, 0.25) is 5.02 Å². The van der Waals surface area contributed by atoms with Gasteiger partial charge < -0.3 is 29.5 Å². The van der Waals surface area contributed by atoms with Crippen LogP contribution in [0.25, 0.3) is 11.4 Å². The highest BCUT2D eigenvalue weighted by atomic mass is 35.5. The first-order chi connectivity index (χ1) is 23.8. The van der Waals surface area contributed by atoms with Gasteiger partial charge in [-0.05, 0) is 43.9 Å². The topological polar surface area (TPSA) is 160 Å². The number of carbonyl (C=O) groups excluding carboxylic acids is 2. The Kier molecular flexibility index (Phi) is 9.89. The van der Waals surface area contributed by atoms with Gasteiger partial charge in [-0.3, -0.25) is 14.4 Å². The minimum Gasteiger partial charge on any atom is -0.504 e. The van der Waals surface area contributed by atoms with Crippen molar-refractivity contribution in [1.82, 2.24) is 34.0 Å². The van der Waals surface area contributed by atoms with E-state index >= 15 is 0 Å². The summed E-state index contributed by atoms with van der Waals surface area (Å²) < 4.78 is 35.9. The summed E-state index contributed by atoms with van der Waals surface area (Å²) in [6.45, 7) is 4.64. The average molecular weight is 730 g/mol. The molecule has 14 nitrogen and oxygen atoms in total. The number of amides is 2. The average Bonchev–Trinajstić information content (AvgIpc) is 3.76. The van der Waals surface area contributed by atoms with Crippen LogP contribution >= 0.6 is 20.8 Å². The maximum Gasteiger partial charge on any atom is 0.299 e. The van der Waals surface area contributed by atoms with Gasteiger partial charge in [0, 0.05) is 25.7 Å². The summed E-state index contributed by atoms with van der Waals surface area (Å²) in [5.41, 5.74) is -2.04. The van der Waals surface area contributed by atoms with Gasteiger partial charge in [0.1, 0.15) is 18.6 Å². The van der Waals surface area contributed by atoms with Crippen molar-refractivity contribution in [3.8, 4) is 5.75 Å². The second-order valence-electron chi connectivity index (χ2n) is 12.1. The first-order valence-corrected chi connectivity index (χ1v) is 16.8. The highest BCUT2D eigenvalue weighted by Crippen LogP contribution is 2.38. The van der Waals surface area contributed by atoms with Crippen LogP contribution in [0.15, 0.2) is 35.4 Å². The fourth-order valence-electron chi connectivity index (χ4n) is 6.17. The summed E-state index contributed by atoms with van der Waals surface area (Å²) in [5, 5.41) is 17.6.